The summed E-state index contributed by atoms with van der Waals surface area (Å²) in [6.45, 7) is 5.65. The number of ether oxygens (including phenoxy) is 2. The highest BCUT2D eigenvalue weighted by Crippen LogP contribution is 2.39. The molecule has 0 radical (unpaired) electrons. The predicted octanol–water partition coefficient (Wildman–Crippen LogP) is 4.99. The molecule has 1 fully saturated rings. The zero-order valence-electron chi connectivity index (χ0n) is 23.4. The summed E-state index contributed by atoms with van der Waals surface area (Å²) in [6, 6.07) is 23.8. The van der Waals surface area contributed by atoms with Crippen molar-refractivity contribution in [3.05, 3.63) is 108 Å². The molecule has 0 bridgehead atoms. The van der Waals surface area contributed by atoms with E-state index in [2.05, 4.69) is 22.9 Å². The van der Waals surface area contributed by atoms with E-state index in [0.29, 0.717) is 13.0 Å². The normalized spacial score (nSPS) is 18.7. The molecule has 0 saturated carbocycles. The number of rotatable bonds is 13. The first-order chi connectivity index (χ1) is 19.8. The first-order valence-corrected chi connectivity index (χ1v) is 13.8. The molecule has 1 amide bonds. The van der Waals surface area contributed by atoms with Crippen LogP contribution in [0, 0.1) is 0 Å². The van der Waals surface area contributed by atoms with Crippen molar-refractivity contribution in [1.82, 2.24) is 10.2 Å². The Balaban J connectivity index is 1.52. The Morgan fingerprint density at radius 3 is 2.41 bits per heavy atom. The van der Waals surface area contributed by atoms with Crippen LogP contribution in [0.5, 0.6) is 0 Å². The molecule has 1 heterocycles. The van der Waals surface area contributed by atoms with Gasteiger partial charge < -0.3 is 29.9 Å². The Kier molecular flexibility index (Phi) is 10.8. The molecule has 1 aliphatic rings. The summed E-state index contributed by atoms with van der Waals surface area (Å²) in [5, 5.41) is 21.0. The van der Waals surface area contributed by atoms with Crippen LogP contribution in [-0.4, -0.2) is 53.2 Å². The van der Waals surface area contributed by atoms with Crippen molar-refractivity contribution in [3.8, 4) is 11.1 Å². The van der Waals surface area contributed by atoms with Gasteiger partial charge in [0.15, 0.2) is 6.29 Å². The number of hydrogen-bond acceptors (Lipinski definition) is 6. The summed E-state index contributed by atoms with van der Waals surface area (Å²) in [6.07, 6.45) is 1.56. The van der Waals surface area contributed by atoms with Gasteiger partial charge in [-0.05, 0) is 47.0 Å². The van der Waals surface area contributed by atoms with Gasteiger partial charge in [0.25, 0.3) is 0 Å². The molecule has 0 spiro atoms. The molecule has 1 saturated heterocycles. The molecular weight excluding hydrogens is 520 g/mol. The van der Waals surface area contributed by atoms with Crippen molar-refractivity contribution in [1.29, 1.82) is 0 Å². The van der Waals surface area contributed by atoms with Crippen molar-refractivity contribution in [2.75, 3.05) is 20.1 Å². The van der Waals surface area contributed by atoms with Gasteiger partial charge in [-0.15, -0.1) is 6.58 Å². The number of aliphatic carboxylic acids is 1. The number of carbonyl (C=O) groups is 2. The largest absolute Gasteiger partial charge is 0.481 e. The lowest BCUT2D eigenvalue weighted by Gasteiger charge is -2.37. The van der Waals surface area contributed by atoms with E-state index >= 15 is 0 Å². The molecule has 3 atom stereocenters. The minimum Gasteiger partial charge on any atom is -0.481 e. The highest BCUT2D eigenvalue weighted by molar-refractivity contribution is 5.80. The van der Waals surface area contributed by atoms with E-state index in [0.717, 1.165) is 46.5 Å². The van der Waals surface area contributed by atoms with Gasteiger partial charge in [0.2, 0.25) is 5.91 Å². The smallest absolute Gasteiger partial charge is 0.303 e. The van der Waals surface area contributed by atoms with Gasteiger partial charge in [0, 0.05) is 38.0 Å². The molecule has 3 N–H and O–H groups in total. The lowest BCUT2D eigenvalue weighted by atomic mass is 9.98. The van der Waals surface area contributed by atoms with Crippen molar-refractivity contribution in [3.63, 3.8) is 0 Å². The van der Waals surface area contributed by atoms with Crippen molar-refractivity contribution in [2.45, 2.75) is 50.9 Å². The average molecular weight is 559 g/mol. The van der Waals surface area contributed by atoms with Crippen LogP contribution in [0.4, 0.5) is 0 Å². The van der Waals surface area contributed by atoms with Crippen LogP contribution in [0.1, 0.15) is 53.9 Å². The van der Waals surface area contributed by atoms with Gasteiger partial charge in [-0.25, -0.2) is 0 Å². The van der Waals surface area contributed by atoms with Gasteiger partial charge in [0.1, 0.15) is 0 Å². The third-order valence-corrected chi connectivity index (χ3v) is 7.05. The van der Waals surface area contributed by atoms with E-state index < -0.39 is 12.3 Å². The summed E-state index contributed by atoms with van der Waals surface area (Å²) < 4.78 is 13.0. The minimum absolute atomic E-state index is 0.00238. The van der Waals surface area contributed by atoms with Crippen molar-refractivity contribution < 1.29 is 29.3 Å². The maximum absolute atomic E-state index is 12.0. The molecule has 1 aliphatic heterocycles. The van der Waals surface area contributed by atoms with Crippen LogP contribution in [0.25, 0.3) is 11.1 Å². The lowest BCUT2D eigenvalue weighted by molar-refractivity contribution is -0.252. The fourth-order valence-corrected chi connectivity index (χ4v) is 4.91. The summed E-state index contributed by atoms with van der Waals surface area (Å²) >= 11 is 0. The molecule has 216 valence electrons. The molecule has 41 heavy (non-hydrogen) atoms. The Bertz CT molecular complexity index is 1330. The predicted molar refractivity (Wildman–Crippen MR) is 157 cm³/mol. The second kappa shape index (κ2) is 14.7. The van der Waals surface area contributed by atoms with Crippen LogP contribution in [0.15, 0.2) is 85.5 Å². The Morgan fingerprint density at radius 2 is 1.71 bits per heavy atom. The fourth-order valence-electron chi connectivity index (χ4n) is 4.91. The number of likely N-dealkylation sites (N-methyl/N-ethyl adjacent to an activating group) is 1. The number of aliphatic hydroxyl groups is 1. The summed E-state index contributed by atoms with van der Waals surface area (Å²) in [7, 11) is 2.04. The quantitative estimate of drug-likeness (QED) is 0.254. The zero-order valence-corrected chi connectivity index (χ0v) is 23.4. The summed E-state index contributed by atoms with van der Waals surface area (Å²) in [4.78, 5) is 24.9. The number of nitrogens with one attached hydrogen (secondary N) is 1. The SMILES string of the molecule is C=CCN(C)CC1CC(c2ccc(CO)cc2)OC(c2cccc(-c3cccc(CNC(=O)CCC(=O)O)c3)c2)O1. The monoisotopic (exact) mass is 558 g/mol. The van der Waals surface area contributed by atoms with Gasteiger partial charge in [0.05, 0.1) is 25.2 Å². The Hall–Kier alpha value is -3.82. The summed E-state index contributed by atoms with van der Waals surface area (Å²) in [5.41, 5.74) is 5.69. The Morgan fingerprint density at radius 1 is 0.976 bits per heavy atom. The minimum atomic E-state index is -0.992. The number of hydrogen-bond donors (Lipinski definition) is 3. The maximum atomic E-state index is 12.0. The zero-order chi connectivity index (χ0) is 29.2. The molecule has 4 rings (SSSR count). The van der Waals surface area contributed by atoms with Gasteiger partial charge in [-0.1, -0.05) is 66.7 Å². The standard InChI is InChI=1S/C33H38N2O6/c1-3-16-35(2)21-29-19-30(25-12-10-23(22-36)11-13-25)41-33(40-29)28-9-5-8-27(18-28)26-7-4-6-24(17-26)20-34-31(37)14-15-32(38)39/h3-13,17-18,29-30,33,36H,1,14-16,19-22H2,2H3,(H,34,37)(H,38,39). The van der Waals surface area contributed by atoms with Gasteiger partial charge >= 0.3 is 5.97 Å². The number of benzene rings is 3. The molecular formula is C33H38N2O6. The van der Waals surface area contributed by atoms with Crippen LogP contribution in [0.2, 0.25) is 0 Å². The highest BCUT2D eigenvalue weighted by Gasteiger charge is 2.32. The lowest BCUT2D eigenvalue weighted by Crippen LogP contribution is -2.37. The third kappa shape index (κ3) is 8.83. The Labute approximate surface area is 241 Å². The number of amides is 1. The summed E-state index contributed by atoms with van der Waals surface area (Å²) in [5.74, 6) is -1.28. The van der Waals surface area contributed by atoms with E-state index in [1.165, 1.54) is 0 Å². The fraction of sp³-hybridized carbons (Fsp3) is 0.333. The topological polar surface area (TPSA) is 108 Å². The maximum Gasteiger partial charge on any atom is 0.303 e. The van der Waals surface area contributed by atoms with Crippen LogP contribution in [0.3, 0.4) is 0 Å². The van der Waals surface area contributed by atoms with E-state index in [-0.39, 0.29) is 37.6 Å². The molecule has 8 heteroatoms. The van der Waals surface area contributed by atoms with Crippen molar-refractivity contribution in [2.24, 2.45) is 0 Å². The molecule has 3 unspecified atom stereocenters. The van der Waals surface area contributed by atoms with Gasteiger partial charge in [-0.2, -0.15) is 0 Å². The van der Waals surface area contributed by atoms with E-state index in [9.17, 15) is 14.7 Å². The number of carbonyl (C=O) groups excluding carboxylic acids is 1. The molecule has 3 aromatic carbocycles. The highest BCUT2D eigenvalue weighted by atomic mass is 16.7. The number of carboxylic acid groups (broad SMARTS) is 1. The average Bonchev–Trinajstić information content (AvgIpc) is 2.99. The third-order valence-electron chi connectivity index (χ3n) is 7.05. The second-order valence-electron chi connectivity index (χ2n) is 10.4. The van der Waals surface area contributed by atoms with Crippen LogP contribution < -0.4 is 5.32 Å². The molecule has 0 aliphatic carbocycles. The first kappa shape index (κ1) is 30.1. The van der Waals surface area contributed by atoms with E-state index in [4.69, 9.17) is 14.6 Å². The number of aliphatic hydroxyl groups excluding tert-OH is 1. The van der Waals surface area contributed by atoms with Gasteiger partial charge in [-0.3, -0.25) is 9.59 Å². The molecule has 3 aromatic rings. The first-order valence-electron chi connectivity index (χ1n) is 13.8. The molecule has 0 aromatic heterocycles. The van der Waals surface area contributed by atoms with Crippen molar-refractivity contribution >= 4 is 11.9 Å². The number of carboxylic acids is 1. The molecule has 8 nitrogen and oxygen atoms in total. The van der Waals surface area contributed by atoms with Crippen LogP contribution >= 0.6 is 0 Å². The number of nitrogens with zero attached hydrogens (tertiary/aromatic N) is 1. The van der Waals surface area contributed by atoms with E-state index in [1.54, 1.807) is 0 Å². The van der Waals surface area contributed by atoms with Crippen LogP contribution in [-0.2, 0) is 32.2 Å². The van der Waals surface area contributed by atoms with E-state index in [1.807, 2.05) is 79.9 Å². The second-order valence-corrected chi connectivity index (χ2v) is 10.4.